The molecule has 1 saturated carbocycles. The van der Waals surface area contributed by atoms with Crippen LogP contribution in [0.3, 0.4) is 0 Å². The molecule has 2 aromatic rings. The molecule has 0 saturated heterocycles. The van der Waals surface area contributed by atoms with E-state index in [1.165, 1.54) is 25.7 Å². The Hall–Kier alpha value is -2.04. The number of nitrogen functional groups attached to an aromatic ring is 1. The number of hydrogen-bond donors (Lipinski definition) is 2. The largest absolute Gasteiger partial charge is 0.495 e. The van der Waals surface area contributed by atoms with Crippen molar-refractivity contribution in [3.05, 3.63) is 24.0 Å². The molecule has 0 bridgehead atoms. The Morgan fingerprint density at radius 3 is 2.79 bits per heavy atom. The van der Waals surface area contributed by atoms with E-state index in [1.54, 1.807) is 7.11 Å². The zero-order valence-corrected chi connectivity index (χ0v) is 11.0. The number of hydrogen-bond acceptors (Lipinski definition) is 4. The first kappa shape index (κ1) is 12.0. The van der Waals surface area contributed by atoms with E-state index in [4.69, 9.17) is 10.5 Å². The first-order valence-electron chi connectivity index (χ1n) is 6.64. The SMILES string of the molecule is COc1ccc(-c2n[nH]c(C3CCCC3)n2)cc1N. The van der Waals surface area contributed by atoms with Gasteiger partial charge in [-0.15, -0.1) is 0 Å². The molecule has 0 radical (unpaired) electrons. The van der Waals surface area contributed by atoms with Gasteiger partial charge in [-0.25, -0.2) is 4.98 Å². The Morgan fingerprint density at radius 2 is 2.11 bits per heavy atom. The minimum atomic E-state index is 0.539. The van der Waals surface area contributed by atoms with Crippen LogP contribution in [0.5, 0.6) is 5.75 Å². The van der Waals surface area contributed by atoms with Crippen LogP contribution in [-0.2, 0) is 0 Å². The lowest BCUT2D eigenvalue weighted by Gasteiger charge is -2.05. The maximum atomic E-state index is 5.91. The van der Waals surface area contributed by atoms with Crippen LogP contribution in [0.2, 0.25) is 0 Å². The Bertz CT molecular complexity index is 573. The molecule has 19 heavy (non-hydrogen) atoms. The molecule has 0 unspecified atom stereocenters. The second kappa shape index (κ2) is 4.91. The third kappa shape index (κ3) is 2.28. The normalized spacial score (nSPS) is 15.8. The van der Waals surface area contributed by atoms with Gasteiger partial charge in [0.25, 0.3) is 0 Å². The average Bonchev–Trinajstić information content (AvgIpc) is 3.09. The Morgan fingerprint density at radius 1 is 1.32 bits per heavy atom. The molecule has 0 aliphatic heterocycles. The number of benzene rings is 1. The lowest BCUT2D eigenvalue weighted by molar-refractivity contribution is 0.417. The number of aromatic amines is 1. The summed E-state index contributed by atoms with van der Waals surface area (Å²) in [6.45, 7) is 0. The molecule has 1 fully saturated rings. The summed E-state index contributed by atoms with van der Waals surface area (Å²) in [6.07, 6.45) is 4.99. The number of ether oxygens (including phenoxy) is 1. The van der Waals surface area contributed by atoms with E-state index >= 15 is 0 Å². The van der Waals surface area contributed by atoms with Crippen molar-refractivity contribution in [1.29, 1.82) is 0 Å². The van der Waals surface area contributed by atoms with Crippen molar-refractivity contribution in [2.45, 2.75) is 31.6 Å². The maximum Gasteiger partial charge on any atom is 0.181 e. The van der Waals surface area contributed by atoms with Crippen molar-refractivity contribution in [3.8, 4) is 17.1 Å². The number of rotatable bonds is 3. The third-order valence-corrected chi connectivity index (χ3v) is 3.73. The molecule has 1 aliphatic rings. The summed E-state index contributed by atoms with van der Waals surface area (Å²) in [4.78, 5) is 4.60. The van der Waals surface area contributed by atoms with Crippen molar-refractivity contribution < 1.29 is 4.74 Å². The van der Waals surface area contributed by atoms with Gasteiger partial charge >= 0.3 is 0 Å². The van der Waals surface area contributed by atoms with Crippen LogP contribution in [0.15, 0.2) is 18.2 Å². The summed E-state index contributed by atoms with van der Waals surface area (Å²) in [5, 5.41) is 7.36. The summed E-state index contributed by atoms with van der Waals surface area (Å²) in [5.74, 6) is 2.92. The highest BCUT2D eigenvalue weighted by Gasteiger charge is 2.21. The molecule has 3 rings (SSSR count). The lowest BCUT2D eigenvalue weighted by atomic mass is 10.1. The Kier molecular flexibility index (Phi) is 3.11. The highest BCUT2D eigenvalue weighted by atomic mass is 16.5. The molecule has 0 amide bonds. The zero-order valence-electron chi connectivity index (χ0n) is 11.0. The molecular weight excluding hydrogens is 240 g/mol. The summed E-state index contributed by atoms with van der Waals surface area (Å²) >= 11 is 0. The smallest absolute Gasteiger partial charge is 0.181 e. The molecule has 1 aliphatic carbocycles. The number of nitrogens with two attached hydrogens (primary N) is 1. The molecule has 0 spiro atoms. The standard InChI is InChI=1S/C14H18N4O/c1-19-12-7-6-10(8-11(12)15)14-16-13(17-18-14)9-4-2-3-5-9/h6-9H,2-5,15H2,1H3,(H,16,17,18). The summed E-state index contributed by atoms with van der Waals surface area (Å²) in [7, 11) is 1.61. The lowest BCUT2D eigenvalue weighted by Crippen LogP contribution is -1.95. The van der Waals surface area contributed by atoms with E-state index < -0.39 is 0 Å². The van der Waals surface area contributed by atoms with Gasteiger partial charge < -0.3 is 10.5 Å². The van der Waals surface area contributed by atoms with Crippen molar-refractivity contribution in [3.63, 3.8) is 0 Å². The molecule has 5 nitrogen and oxygen atoms in total. The van der Waals surface area contributed by atoms with Crippen LogP contribution in [0.1, 0.15) is 37.4 Å². The second-order valence-corrected chi connectivity index (χ2v) is 4.98. The molecule has 1 heterocycles. The maximum absolute atomic E-state index is 5.91. The van der Waals surface area contributed by atoms with Crippen molar-refractivity contribution in [2.75, 3.05) is 12.8 Å². The van der Waals surface area contributed by atoms with E-state index in [-0.39, 0.29) is 0 Å². The van der Waals surface area contributed by atoms with Crippen molar-refractivity contribution in [2.24, 2.45) is 0 Å². The van der Waals surface area contributed by atoms with E-state index in [0.717, 1.165) is 11.4 Å². The highest BCUT2D eigenvalue weighted by molar-refractivity contribution is 5.66. The molecule has 3 N–H and O–H groups in total. The van der Waals surface area contributed by atoms with Crippen LogP contribution >= 0.6 is 0 Å². The van der Waals surface area contributed by atoms with Gasteiger partial charge in [0.1, 0.15) is 11.6 Å². The predicted molar refractivity (Wildman–Crippen MR) is 74.0 cm³/mol. The first-order valence-corrected chi connectivity index (χ1v) is 6.64. The predicted octanol–water partition coefficient (Wildman–Crippen LogP) is 2.72. The van der Waals surface area contributed by atoms with Crippen LogP contribution in [0, 0.1) is 0 Å². The van der Waals surface area contributed by atoms with Gasteiger partial charge in [-0.2, -0.15) is 5.10 Å². The van der Waals surface area contributed by atoms with Crippen LogP contribution in [0.25, 0.3) is 11.4 Å². The number of nitrogens with zero attached hydrogens (tertiary/aromatic N) is 2. The minimum Gasteiger partial charge on any atom is -0.495 e. The fraction of sp³-hybridized carbons (Fsp3) is 0.429. The van der Waals surface area contributed by atoms with Crippen molar-refractivity contribution in [1.82, 2.24) is 15.2 Å². The van der Waals surface area contributed by atoms with E-state index in [0.29, 0.717) is 23.2 Å². The topological polar surface area (TPSA) is 76.8 Å². The second-order valence-electron chi connectivity index (χ2n) is 4.98. The summed E-state index contributed by atoms with van der Waals surface area (Å²) < 4.78 is 5.15. The molecule has 1 aromatic heterocycles. The average molecular weight is 258 g/mol. The fourth-order valence-corrected chi connectivity index (χ4v) is 2.66. The number of methoxy groups -OCH3 is 1. The first-order chi connectivity index (χ1) is 9.28. The van der Waals surface area contributed by atoms with Gasteiger partial charge in [0, 0.05) is 11.5 Å². The molecule has 0 atom stereocenters. The van der Waals surface area contributed by atoms with Gasteiger partial charge in [-0.1, -0.05) is 12.8 Å². The monoisotopic (exact) mass is 258 g/mol. The number of nitrogens with one attached hydrogen (secondary N) is 1. The number of anilines is 1. The van der Waals surface area contributed by atoms with Crippen LogP contribution in [-0.4, -0.2) is 22.3 Å². The molecular formula is C14H18N4O. The van der Waals surface area contributed by atoms with E-state index in [9.17, 15) is 0 Å². The zero-order chi connectivity index (χ0) is 13.2. The number of H-pyrrole nitrogens is 1. The molecule has 5 heteroatoms. The van der Waals surface area contributed by atoms with Gasteiger partial charge in [0.05, 0.1) is 12.8 Å². The fourth-order valence-electron chi connectivity index (χ4n) is 2.66. The van der Waals surface area contributed by atoms with Crippen LogP contribution < -0.4 is 10.5 Å². The quantitative estimate of drug-likeness (QED) is 0.830. The van der Waals surface area contributed by atoms with Gasteiger partial charge in [0.15, 0.2) is 5.82 Å². The third-order valence-electron chi connectivity index (χ3n) is 3.73. The molecule has 100 valence electrons. The van der Waals surface area contributed by atoms with Gasteiger partial charge in [0.2, 0.25) is 0 Å². The van der Waals surface area contributed by atoms with Crippen molar-refractivity contribution >= 4 is 5.69 Å². The Labute approximate surface area is 112 Å². The van der Waals surface area contributed by atoms with E-state index in [2.05, 4.69) is 15.2 Å². The summed E-state index contributed by atoms with van der Waals surface area (Å²) in [5.41, 5.74) is 7.43. The number of aromatic nitrogens is 3. The van der Waals surface area contributed by atoms with Gasteiger partial charge in [-0.05, 0) is 31.0 Å². The van der Waals surface area contributed by atoms with Gasteiger partial charge in [-0.3, -0.25) is 5.10 Å². The Balaban J connectivity index is 1.87. The molecule has 1 aromatic carbocycles. The minimum absolute atomic E-state index is 0.539. The van der Waals surface area contributed by atoms with E-state index in [1.807, 2.05) is 18.2 Å². The highest BCUT2D eigenvalue weighted by Crippen LogP contribution is 2.33. The summed E-state index contributed by atoms with van der Waals surface area (Å²) in [6, 6.07) is 5.62. The van der Waals surface area contributed by atoms with Crippen LogP contribution in [0.4, 0.5) is 5.69 Å².